The van der Waals surface area contributed by atoms with Crippen LogP contribution >= 0.6 is 0 Å². The minimum absolute atomic E-state index is 0.286. The number of halogens is 4. The van der Waals surface area contributed by atoms with Crippen LogP contribution in [0.2, 0.25) is 0 Å². The fourth-order valence-corrected chi connectivity index (χ4v) is 2.77. The minimum Gasteiger partial charge on any atom is -0.406 e. The summed E-state index contributed by atoms with van der Waals surface area (Å²) in [5, 5.41) is 6.25. The van der Waals surface area contributed by atoms with E-state index >= 15 is 0 Å². The quantitative estimate of drug-likeness (QED) is 0.452. The van der Waals surface area contributed by atoms with Crippen molar-refractivity contribution in [2.45, 2.75) is 39.6 Å². The Hall–Kier alpha value is -3.36. The van der Waals surface area contributed by atoms with Gasteiger partial charge >= 0.3 is 6.36 Å². The van der Waals surface area contributed by atoms with Crippen molar-refractivity contribution < 1.29 is 22.3 Å². The van der Waals surface area contributed by atoms with Crippen LogP contribution in [0.4, 0.5) is 35.0 Å². The number of benzene rings is 2. The average Bonchev–Trinajstić information content (AvgIpc) is 2.62. The monoisotopic (exact) mass is 434 g/mol. The normalized spacial score (nSPS) is 11.9. The van der Waals surface area contributed by atoms with Crippen LogP contribution in [0.5, 0.6) is 5.75 Å². The summed E-state index contributed by atoms with van der Waals surface area (Å²) in [6.45, 7) is 7.43. The largest absolute Gasteiger partial charge is 0.573 e. The fraction of sp³-hybridized carbons (Fsp3) is 0.273. The zero-order chi connectivity index (χ0) is 22.8. The van der Waals surface area contributed by atoms with Crippen LogP contribution < -0.4 is 15.4 Å². The number of hydrogen-bond acceptors (Lipinski definition) is 5. The Morgan fingerprint density at radius 3 is 2.32 bits per heavy atom. The Morgan fingerprint density at radius 2 is 1.68 bits per heavy atom. The molecule has 0 aliphatic heterocycles. The van der Waals surface area contributed by atoms with Gasteiger partial charge in [0.2, 0.25) is 5.95 Å². The van der Waals surface area contributed by atoms with Crippen molar-refractivity contribution in [1.29, 1.82) is 0 Å². The maximum atomic E-state index is 13.6. The molecule has 0 spiro atoms. The summed E-state index contributed by atoms with van der Waals surface area (Å²) < 4.78 is 55.4. The van der Waals surface area contributed by atoms with Gasteiger partial charge in [-0.1, -0.05) is 12.1 Å². The lowest BCUT2D eigenvalue weighted by Gasteiger charge is -2.21. The van der Waals surface area contributed by atoms with Crippen molar-refractivity contribution in [3.05, 3.63) is 59.9 Å². The molecule has 0 atom stereocenters. The van der Waals surface area contributed by atoms with Crippen molar-refractivity contribution in [2.75, 3.05) is 10.6 Å². The first kappa shape index (κ1) is 22.3. The highest BCUT2D eigenvalue weighted by atomic mass is 19.4. The van der Waals surface area contributed by atoms with E-state index in [1.807, 2.05) is 20.8 Å². The van der Waals surface area contributed by atoms with Gasteiger partial charge in [-0.2, -0.15) is 4.98 Å². The summed E-state index contributed by atoms with van der Waals surface area (Å²) in [7, 11) is 0. The zero-order valence-electron chi connectivity index (χ0n) is 17.4. The van der Waals surface area contributed by atoms with Gasteiger partial charge in [0.05, 0.1) is 5.69 Å². The maximum Gasteiger partial charge on any atom is 0.573 e. The van der Waals surface area contributed by atoms with Gasteiger partial charge in [0.1, 0.15) is 17.4 Å². The van der Waals surface area contributed by atoms with E-state index in [9.17, 15) is 17.6 Å². The zero-order valence-corrected chi connectivity index (χ0v) is 17.4. The number of nitrogens with zero attached hydrogens (tertiary/aromatic N) is 2. The topological polar surface area (TPSA) is 59.1 Å². The Balaban J connectivity index is 2.01. The van der Waals surface area contributed by atoms with Gasteiger partial charge in [0.15, 0.2) is 0 Å². The molecular formula is C22H22F4N4O. The van der Waals surface area contributed by atoms with Crippen molar-refractivity contribution in [1.82, 2.24) is 9.97 Å². The van der Waals surface area contributed by atoms with Gasteiger partial charge in [0.25, 0.3) is 0 Å². The number of alkyl halides is 3. The van der Waals surface area contributed by atoms with E-state index in [4.69, 9.17) is 0 Å². The number of anilines is 3. The molecule has 1 heterocycles. The van der Waals surface area contributed by atoms with E-state index in [-0.39, 0.29) is 23.1 Å². The van der Waals surface area contributed by atoms with E-state index in [0.717, 1.165) is 0 Å². The molecule has 0 saturated carbocycles. The van der Waals surface area contributed by atoms with Crippen LogP contribution in [0.3, 0.4) is 0 Å². The van der Waals surface area contributed by atoms with Gasteiger partial charge in [-0.3, -0.25) is 0 Å². The molecule has 0 amide bonds. The third-order valence-electron chi connectivity index (χ3n) is 4.01. The molecule has 31 heavy (non-hydrogen) atoms. The lowest BCUT2D eigenvalue weighted by Crippen LogP contribution is -2.27. The van der Waals surface area contributed by atoms with Crippen LogP contribution in [0, 0.1) is 12.7 Å². The first-order valence-corrected chi connectivity index (χ1v) is 9.45. The third-order valence-corrected chi connectivity index (χ3v) is 4.01. The summed E-state index contributed by atoms with van der Waals surface area (Å²) in [4.78, 5) is 8.88. The van der Waals surface area contributed by atoms with E-state index < -0.39 is 6.36 Å². The first-order chi connectivity index (χ1) is 14.4. The van der Waals surface area contributed by atoms with Gasteiger partial charge in [-0.05, 0) is 63.6 Å². The van der Waals surface area contributed by atoms with Crippen LogP contribution in [-0.4, -0.2) is 21.9 Å². The summed E-state index contributed by atoms with van der Waals surface area (Å²) in [5.74, 6) is 0.00137. The molecular weight excluding hydrogens is 412 g/mol. The highest BCUT2D eigenvalue weighted by Crippen LogP contribution is 2.30. The highest BCUT2D eigenvalue weighted by molar-refractivity contribution is 5.68. The van der Waals surface area contributed by atoms with Crippen LogP contribution in [0.25, 0.3) is 11.3 Å². The molecule has 9 heteroatoms. The molecule has 5 nitrogen and oxygen atoms in total. The molecule has 3 aromatic rings. The highest BCUT2D eigenvalue weighted by Gasteiger charge is 2.31. The summed E-state index contributed by atoms with van der Waals surface area (Å²) in [5.41, 5.74) is 1.52. The molecule has 2 N–H and O–H groups in total. The standard InChI is InChI=1S/C22H22F4N4O/c1-13-10-15(8-9-17(13)23)27-19-12-18(28-20(29-19)30-21(2,3)4)14-6-5-7-16(11-14)31-22(24,25)26/h5-12H,1-4H3,(H2,27,28,29,30). The molecule has 0 saturated heterocycles. The van der Waals surface area contributed by atoms with Gasteiger partial charge < -0.3 is 15.4 Å². The van der Waals surface area contributed by atoms with E-state index in [2.05, 4.69) is 25.3 Å². The molecule has 1 aromatic heterocycles. The predicted molar refractivity (Wildman–Crippen MR) is 112 cm³/mol. The number of aryl methyl sites for hydroxylation is 1. The van der Waals surface area contributed by atoms with Crippen LogP contribution in [0.1, 0.15) is 26.3 Å². The number of aromatic nitrogens is 2. The lowest BCUT2D eigenvalue weighted by molar-refractivity contribution is -0.274. The molecule has 0 aliphatic rings. The van der Waals surface area contributed by atoms with Crippen molar-refractivity contribution >= 4 is 17.5 Å². The second-order valence-corrected chi connectivity index (χ2v) is 8.00. The molecule has 164 valence electrons. The summed E-state index contributed by atoms with van der Waals surface area (Å²) in [6, 6.07) is 11.7. The van der Waals surface area contributed by atoms with Crippen LogP contribution in [-0.2, 0) is 0 Å². The lowest BCUT2D eigenvalue weighted by atomic mass is 10.1. The Morgan fingerprint density at radius 1 is 0.935 bits per heavy atom. The maximum absolute atomic E-state index is 13.6. The third kappa shape index (κ3) is 6.56. The predicted octanol–water partition coefficient (Wildman–Crippen LogP) is 6.44. The molecule has 0 aliphatic carbocycles. The minimum atomic E-state index is -4.80. The van der Waals surface area contributed by atoms with Gasteiger partial charge in [-0.25, -0.2) is 9.37 Å². The van der Waals surface area contributed by atoms with Gasteiger partial charge in [-0.15, -0.1) is 13.2 Å². The fourth-order valence-electron chi connectivity index (χ4n) is 2.77. The number of hydrogen-bond donors (Lipinski definition) is 2. The van der Waals surface area contributed by atoms with Crippen LogP contribution in [0.15, 0.2) is 48.5 Å². The first-order valence-electron chi connectivity index (χ1n) is 9.45. The van der Waals surface area contributed by atoms with E-state index in [1.54, 1.807) is 31.2 Å². The Bertz CT molecular complexity index is 1080. The Labute approximate surface area is 177 Å². The number of rotatable bonds is 5. The van der Waals surface area contributed by atoms with Crippen molar-refractivity contribution in [3.8, 4) is 17.0 Å². The molecule has 0 unspecified atom stereocenters. The van der Waals surface area contributed by atoms with E-state index in [0.29, 0.717) is 28.3 Å². The summed E-state index contributed by atoms with van der Waals surface area (Å²) in [6.07, 6.45) is -4.80. The smallest absolute Gasteiger partial charge is 0.406 e. The average molecular weight is 434 g/mol. The number of nitrogens with one attached hydrogen (secondary N) is 2. The summed E-state index contributed by atoms with van der Waals surface area (Å²) >= 11 is 0. The molecule has 0 fully saturated rings. The Kier molecular flexibility index (Phi) is 6.06. The van der Waals surface area contributed by atoms with E-state index in [1.165, 1.54) is 24.3 Å². The van der Waals surface area contributed by atoms with Gasteiger partial charge in [0, 0.05) is 22.9 Å². The molecule has 3 rings (SSSR count). The van der Waals surface area contributed by atoms with Crippen molar-refractivity contribution in [2.24, 2.45) is 0 Å². The second kappa shape index (κ2) is 8.41. The molecule has 0 bridgehead atoms. The van der Waals surface area contributed by atoms with Crippen molar-refractivity contribution in [3.63, 3.8) is 0 Å². The molecule has 2 aromatic carbocycles. The number of ether oxygens (including phenoxy) is 1. The molecule has 0 radical (unpaired) electrons. The second-order valence-electron chi connectivity index (χ2n) is 8.00. The SMILES string of the molecule is Cc1cc(Nc2cc(-c3cccc(OC(F)(F)F)c3)nc(NC(C)(C)C)n2)ccc1F.